The number of nitrogens with zero attached hydrogens (tertiary/aromatic N) is 2. The first-order chi connectivity index (χ1) is 8.00. The molecule has 0 unspecified atom stereocenters. The Labute approximate surface area is 96.6 Å². The molecule has 0 aliphatic heterocycles. The lowest BCUT2D eigenvalue weighted by Gasteiger charge is -2.17. The Bertz CT molecular complexity index is 552. The van der Waals surface area contributed by atoms with Crippen LogP contribution in [-0.2, 0) is 0 Å². The van der Waals surface area contributed by atoms with E-state index in [9.17, 15) is 8.78 Å². The van der Waals surface area contributed by atoms with Gasteiger partial charge in [0, 0.05) is 20.2 Å². The Hall–Kier alpha value is -2.11. The van der Waals surface area contributed by atoms with Gasteiger partial charge >= 0.3 is 0 Å². The summed E-state index contributed by atoms with van der Waals surface area (Å²) in [5.41, 5.74) is 5.51. The summed E-state index contributed by atoms with van der Waals surface area (Å²) in [6.07, 6.45) is 0. The maximum Gasteiger partial charge on any atom is 0.174 e. The molecule has 2 aromatic rings. The Morgan fingerprint density at radius 3 is 2.41 bits per heavy atom. The third-order valence-electron chi connectivity index (χ3n) is 2.30. The minimum Gasteiger partial charge on any atom is -0.381 e. The molecule has 2 rings (SSSR count). The summed E-state index contributed by atoms with van der Waals surface area (Å²) in [6.45, 7) is 0. The van der Waals surface area contributed by atoms with Crippen molar-refractivity contribution in [2.75, 3.05) is 24.7 Å². The van der Waals surface area contributed by atoms with Gasteiger partial charge in [-0.05, 0) is 12.1 Å². The molecule has 90 valence electrons. The SMILES string of the molecule is CN(C)c1c(F)ccc(F)c1-c1cc(N)no1. The first-order valence-corrected chi connectivity index (χ1v) is 4.88. The number of hydrogen-bond acceptors (Lipinski definition) is 4. The van der Waals surface area contributed by atoms with E-state index in [0.717, 1.165) is 12.1 Å². The van der Waals surface area contributed by atoms with E-state index in [-0.39, 0.29) is 22.8 Å². The Morgan fingerprint density at radius 1 is 1.24 bits per heavy atom. The maximum absolute atomic E-state index is 13.8. The van der Waals surface area contributed by atoms with E-state index in [1.54, 1.807) is 14.1 Å². The average molecular weight is 239 g/mol. The van der Waals surface area contributed by atoms with Crippen LogP contribution >= 0.6 is 0 Å². The average Bonchev–Trinajstić information content (AvgIpc) is 2.67. The number of nitrogens with two attached hydrogens (primary N) is 1. The molecule has 0 saturated heterocycles. The number of halogens is 2. The van der Waals surface area contributed by atoms with E-state index in [0.29, 0.717) is 0 Å². The number of nitrogen functional groups attached to an aromatic ring is 1. The van der Waals surface area contributed by atoms with Crippen LogP contribution in [0, 0.1) is 11.6 Å². The largest absolute Gasteiger partial charge is 0.381 e. The highest BCUT2D eigenvalue weighted by Crippen LogP contribution is 2.35. The first-order valence-electron chi connectivity index (χ1n) is 4.88. The van der Waals surface area contributed by atoms with Crippen molar-refractivity contribution in [1.82, 2.24) is 5.16 Å². The molecule has 2 N–H and O–H groups in total. The van der Waals surface area contributed by atoms with Crippen LogP contribution in [0.15, 0.2) is 22.7 Å². The molecular weight excluding hydrogens is 228 g/mol. The summed E-state index contributed by atoms with van der Waals surface area (Å²) in [6, 6.07) is 3.45. The molecule has 17 heavy (non-hydrogen) atoms. The molecular formula is C11H11F2N3O. The zero-order chi connectivity index (χ0) is 12.6. The monoisotopic (exact) mass is 239 g/mol. The molecule has 0 radical (unpaired) electrons. The lowest BCUT2D eigenvalue weighted by Crippen LogP contribution is -2.13. The van der Waals surface area contributed by atoms with Gasteiger partial charge in [-0.2, -0.15) is 0 Å². The second-order valence-electron chi connectivity index (χ2n) is 3.76. The predicted octanol–water partition coefficient (Wildman–Crippen LogP) is 2.27. The van der Waals surface area contributed by atoms with Gasteiger partial charge in [0.05, 0.1) is 11.3 Å². The lowest BCUT2D eigenvalue weighted by molar-refractivity contribution is 0.433. The van der Waals surface area contributed by atoms with Gasteiger partial charge in [-0.1, -0.05) is 5.16 Å². The fourth-order valence-electron chi connectivity index (χ4n) is 1.62. The quantitative estimate of drug-likeness (QED) is 0.873. The van der Waals surface area contributed by atoms with Gasteiger partial charge in [-0.15, -0.1) is 0 Å². The van der Waals surface area contributed by atoms with Gasteiger partial charge in [0.15, 0.2) is 11.6 Å². The van der Waals surface area contributed by atoms with E-state index in [4.69, 9.17) is 10.3 Å². The minimum atomic E-state index is -0.591. The molecule has 1 heterocycles. The van der Waals surface area contributed by atoms with Crippen LogP contribution in [0.4, 0.5) is 20.3 Å². The summed E-state index contributed by atoms with van der Waals surface area (Å²) >= 11 is 0. The zero-order valence-electron chi connectivity index (χ0n) is 9.37. The Balaban J connectivity index is 2.71. The van der Waals surface area contributed by atoms with Crippen molar-refractivity contribution < 1.29 is 13.3 Å². The highest BCUT2D eigenvalue weighted by molar-refractivity contribution is 5.77. The number of anilines is 2. The van der Waals surface area contributed by atoms with Crippen molar-refractivity contribution in [2.45, 2.75) is 0 Å². The van der Waals surface area contributed by atoms with E-state index in [1.807, 2.05) is 0 Å². The smallest absolute Gasteiger partial charge is 0.174 e. The summed E-state index contributed by atoms with van der Waals surface area (Å²) in [5, 5.41) is 3.46. The topological polar surface area (TPSA) is 55.3 Å². The van der Waals surface area contributed by atoms with Crippen LogP contribution in [0.25, 0.3) is 11.3 Å². The fourth-order valence-corrected chi connectivity index (χ4v) is 1.62. The van der Waals surface area contributed by atoms with Gasteiger partial charge in [-0.3, -0.25) is 0 Å². The molecule has 0 aliphatic rings. The minimum absolute atomic E-state index is 0.0131. The summed E-state index contributed by atoms with van der Waals surface area (Å²) in [5.74, 6) is -0.913. The molecule has 1 aromatic carbocycles. The van der Waals surface area contributed by atoms with E-state index in [1.165, 1.54) is 11.0 Å². The normalized spacial score (nSPS) is 10.6. The zero-order valence-corrected chi connectivity index (χ0v) is 9.37. The Morgan fingerprint density at radius 2 is 1.88 bits per heavy atom. The van der Waals surface area contributed by atoms with Crippen molar-refractivity contribution in [2.24, 2.45) is 0 Å². The maximum atomic E-state index is 13.8. The molecule has 0 atom stereocenters. The second kappa shape index (κ2) is 4.04. The van der Waals surface area contributed by atoms with Gasteiger partial charge in [0.2, 0.25) is 0 Å². The van der Waals surface area contributed by atoms with Crippen molar-refractivity contribution >= 4 is 11.5 Å². The van der Waals surface area contributed by atoms with E-state index >= 15 is 0 Å². The highest BCUT2D eigenvalue weighted by Gasteiger charge is 2.20. The van der Waals surface area contributed by atoms with E-state index < -0.39 is 11.6 Å². The molecule has 0 fully saturated rings. The van der Waals surface area contributed by atoms with Crippen LogP contribution in [0.5, 0.6) is 0 Å². The molecule has 4 nitrogen and oxygen atoms in total. The molecule has 0 spiro atoms. The van der Waals surface area contributed by atoms with Crippen LogP contribution in [-0.4, -0.2) is 19.3 Å². The molecule has 0 amide bonds. The van der Waals surface area contributed by atoms with Gasteiger partial charge in [0.1, 0.15) is 11.6 Å². The van der Waals surface area contributed by atoms with Crippen molar-refractivity contribution in [3.05, 3.63) is 29.8 Å². The number of aromatic nitrogens is 1. The summed E-state index contributed by atoms with van der Waals surface area (Å²) < 4.78 is 32.3. The van der Waals surface area contributed by atoms with E-state index in [2.05, 4.69) is 5.16 Å². The van der Waals surface area contributed by atoms with Crippen LogP contribution in [0.3, 0.4) is 0 Å². The molecule has 0 bridgehead atoms. The van der Waals surface area contributed by atoms with Gasteiger partial charge < -0.3 is 15.2 Å². The molecule has 6 heteroatoms. The molecule has 0 aliphatic carbocycles. The third kappa shape index (κ3) is 1.93. The summed E-state index contributed by atoms with van der Waals surface area (Å²) in [4.78, 5) is 1.46. The van der Waals surface area contributed by atoms with Crippen molar-refractivity contribution in [1.29, 1.82) is 0 Å². The lowest BCUT2D eigenvalue weighted by atomic mass is 10.1. The van der Waals surface area contributed by atoms with Gasteiger partial charge in [-0.25, -0.2) is 8.78 Å². The third-order valence-corrected chi connectivity index (χ3v) is 2.30. The Kier molecular flexibility index (Phi) is 2.71. The second-order valence-corrected chi connectivity index (χ2v) is 3.76. The highest BCUT2D eigenvalue weighted by atomic mass is 19.1. The standard InChI is InChI=1S/C11H11F2N3O/c1-16(2)11-7(13)4-3-6(12)10(11)8-5-9(14)15-17-8/h3-5H,1-2H3,(H2,14,15). The number of hydrogen-bond donors (Lipinski definition) is 1. The summed E-state index contributed by atoms with van der Waals surface area (Å²) in [7, 11) is 3.22. The first kappa shape index (κ1) is 11.4. The predicted molar refractivity (Wildman–Crippen MR) is 60.6 cm³/mol. The molecule has 1 aromatic heterocycles. The van der Waals surface area contributed by atoms with Crippen LogP contribution in [0.1, 0.15) is 0 Å². The fraction of sp³-hybridized carbons (Fsp3) is 0.182. The van der Waals surface area contributed by atoms with Gasteiger partial charge in [0.25, 0.3) is 0 Å². The van der Waals surface area contributed by atoms with Crippen molar-refractivity contribution in [3.8, 4) is 11.3 Å². The number of benzene rings is 1. The van der Waals surface area contributed by atoms with Crippen molar-refractivity contribution in [3.63, 3.8) is 0 Å². The molecule has 0 saturated carbocycles. The number of rotatable bonds is 2. The van der Waals surface area contributed by atoms with Crippen LogP contribution in [0.2, 0.25) is 0 Å². The van der Waals surface area contributed by atoms with Crippen LogP contribution < -0.4 is 10.6 Å².